The van der Waals surface area contributed by atoms with Gasteiger partial charge >= 0.3 is 16.8 Å². The van der Waals surface area contributed by atoms with Crippen molar-refractivity contribution in [3.8, 4) is 0 Å². The Labute approximate surface area is 69.2 Å². The van der Waals surface area contributed by atoms with Gasteiger partial charge in [0.05, 0.1) is 6.61 Å². The molecule has 0 aromatic rings. The first-order valence-electron chi connectivity index (χ1n) is 1.89. The molecule has 0 amide bonds. The molecule has 0 aliphatic carbocycles. The van der Waals surface area contributed by atoms with Gasteiger partial charge in [0, 0.05) is 16.9 Å². The molecule has 10 heavy (non-hydrogen) atoms. The molecule has 0 atom stereocenters. The van der Waals surface area contributed by atoms with Gasteiger partial charge in [-0.05, 0) is 0 Å². The fraction of sp³-hybridized carbons (Fsp3) is 1.00. The van der Waals surface area contributed by atoms with Crippen LogP contribution in [0.3, 0.4) is 0 Å². The van der Waals surface area contributed by atoms with Gasteiger partial charge in [0.25, 0.3) is 0 Å². The molecule has 0 heterocycles. The molecule has 0 spiro atoms. The third-order valence-electron chi connectivity index (χ3n) is 0.129. The summed E-state index contributed by atoms with van der Waals surface area (Å²) in [5, 5.41) is 7.75. The molecule has 1 radical (unpaired) electrons. The molecule has 0 unspecified atom stereocenters. The third-order valence-corrected chi connectivity index (χ3v) is 0.129. The molecule has 6 nitrogen and oxygen atoms in total. The summed E-state index contributed by atoms with van der Waals surface area (Å²) in [6, 6.07) is 0. The van der Waals surface area contributed by atoms with E-state index in [-0.39, 0.29) is 23.4 Å². The van der Waals surface area contributed by atoms with Gasteiger partial charge in [-0.1, -0.05) is 0 Å². The van der Waals surface area contributed by atoms with E-state index < -0.39 is 10.4 Å². The van der Waals surface area contributed by atoms with Gasteiger partial charge in [-0.15, -0.1) is 0 Å². The van der Waals surface area contributed by atoms with Crippen molar-refractivity contribution < 1.29 is 39.4 Å². The zero-order valence-electron chi connectivity index (χ0n) is 4.81. The normalized spacial score (nSPS) is 8.80. The van der Waals surface area contributed by atoms with Gasteiger partial charge in [0.15, 0.2) is 0 Å². The summed E-state index contributed by atoms with van der Waals surface area (Å²) >= 11 is 0. The molecule has 0 aromatic heterocycles. The molecule has 0 bridgehead atoms. The van der Waals surface area contributed by atoms with Crippen LogP contribution < -0.4 is 5.73 Å². The minimum atomic E-state index is -5.17. The van der Waals surface area contributed by atoms with Gasteiger partial charge in [0.2, 0.25) is 0 Å². The molecular weight excluding hydrogens is 209 g/mol. The summed E-state index contributed by atoms with van der Waals surface area (Å²) in [4.78, 5) is 0. The van der Waals surface area contributed by atoms with Gasteiger partial charge in [-0.25, -0.2) is 0 Å². The predicted octanol–water partition coefficient (Wildman–Crippen LogP) is -2.40. The number of hydrogen-bond acceptors (Lipinski definition) is 6. The molecule has 65 valence electrons. The number of aliphatic hydroxyl groups excluding tert-OH is 1. The Morgan fingerprint density at radius 1 is 1.40 bits per heavy atom. The van der Waals surface area contributed by atoms with E-state index in [1.54, 1.807) is 0 Å². The van der Waals surface area contributed by atoms with Crippen molar-refractivity contribution in [2.24, 2.45) is 5.73 Å². The Bertz CT molecular complexity index is 123. The first-order valence-corrected chi connectivity index (χ1v) is 3.22. The number of aliphatic hydroxyl groups is 1. The van der Waals surface area contributed by atoms with Crippen molar-refractivity contribution in [2.45, 2.75) is 0 Å². The minimum absolute atomic E-state index is 0. The van der Waals surface area contributed by atoms with Gasteiger partial charge < -0.3 is 19.9 Å². The van der Waals surface area contributed by atoms with E-state index in [1.165, 1.54) is 0 Å². The number of nitrogens with two attached hydrogens (primary N) is 1. The van der Waals surface area contributed by atoms with Crippen LogP contribution in [0.15, 0.2) is 0 Å². The van der Waals surface area contributed by atoms with E-state index in [1.807, 2.05) is 0 Å². The second kappa shape index (κ2) is 9.30. The molecule has 3 N–H and O–H groups in total. The van der Waals surface area contributed by atoms with Crippen LogP contribution in [-0.2, 0) is 27.2 Å². The van der Waals surface area contributed by atoms with Crippen molar-refractivity contribution in [1.29, 1.82) is 0 Å². The van der Waals surface area contributed by atoms with E-state index in [4.69, 9.17) is 28.4 Å². The summed E-state index contributed by atoms with van der Waals surface area (Å²) < 4.78 is 34.1. The number of hydrogen-bond donors (Lipinski definition) is 2. The Hall–Kier alpha value is 0.296. The first-order chi connectivity index (χ1) is 3.91. The zero-order valence-corrected chi connectivity index (χ0v) is 6.67. The molecule has 0 aromatic carbocycles. The van der Waals surface area contributed by atoms with Crippen LogP contribution >= 0.6 is 0 Å². The standard InChI is InChI=1S/C2H7NO.Co.H2O4S/c3-1-2-4;;1-5(2,3)4/h4H,1-3H2;;(H2,1,2,3,4)/q;+2;/p-2. The van der Waals surface area contributed by atoms with Crippen LogP contribution in [0.1, 0.15) is 0 Å². The zero-order chi connectivity index (χ0) is 7.91. The van der Waals surface area contributed by atoms with Crippen LogP contribution in [0.25, 0.3) is 0 Å². The van der Waals surface area contributed by atoms with Crippen LogP contribution in [0.2, 0.25) is 0 Å². The number of rotatable bonds is 1. The van der Waals surface area contributed by atoms with Crippen LogP contribution in [0.5, 0.6) is 0 Å². The molecule has 0 rings (SSSR count). The average Bonchev–Trinajstić information content (AvgIpc) is 1.61. The smallest absolute Gasteiger partial charge is 0.759 e. The summed E-state index contributed by atoms with van der Waals surface area (Å²) in [5.41, 5.74) is 4.78. The van der Waals surface area contributed by atoms with Crippen molar-refractivity contribution in [2.75, 3.05) is 13.2 Å². The summed E-state index contributed by atoms with van der Waals surface area (Å²) in [7, 11) is -5.17. The van der Waals surface area contributed by atoms with Crippen LogP contribution in [-0.4, -0.2) is 35.8 Å². The molecule has 0 saturated heterocycles. The second-order valence-corrected chi connectivity index (χ2v) is 1.74. The Morgan fingerprint density at radius 2 is 1.50 bits per heavy atom. The largest absolute Gasteiger partial charge is 2.00 e. The van der Waals surface area contributed by atoms with E-state index in [2.05, 4.69) is 0 Å². The second-order valence-electron chi connectivity index (χ2n) is 0.921. The van der Waals surface area contributed by atoms with Crippen molar-refractivity contribution in [3.05, 3.63) is 0 Å². The maximum atomic E-state index is 8.52. The monoisotopic (exact) mass is 216 g/mol. The van der Waals surface area contributed by atoms with Crippen LogP contribution in [0.4, 0.5) is 0 Å². The summed E-state index contributed by atoms with van der Waals surface area (Å²) in [6.07, 6.45) is 0. The Morgan fingerprint density at radius 3 is 1.50 bits per heavy atom. The predicted molar refractivity (Wildman–Crippen MR) is 26.6 cm³/mol. The van der Waals surface area contributed by atoms with Gasteiger partial charge in [0.1, 0.15) is 0 Å². The average molecular weight is 216 g/mol. The molecule has 0 saturated carbocycles. The quantitative estimate of drug-likeness (QED) is 0.371. The Kier molecular flexibility index (Phi) is 15.5. The van der Waals surface area contributed by atoms with Crippen LogP contribution in [0, 0.1) is 0 Å². The van der Waals surface area contributed by atoms with E-state index >= 15 is 0 Å². The molecule has 8 heteroatoms. The topological polar surface area (TPSA) is 127 Å². The minimum Gasteiger partial charge on any atom is -0.759 e. The third kappa shape index (κ3) is 263. The SMILES string of the molecule is NCCO.O=S(=O)([O-])[O-].[Co+2]. The molecule has 0 aliphatic rings. The van der Waals surface area contributed by atoms with E-state index in [0.29, 0.717) is 6.54 Å². The fourth-order valence-corrected chi connectivity index (χ4v) is 0. The maximum Gasteiger partial charge on any atom is 2.00 e. The Balaban J connectivity index is -0.0000000910. The summed E-state index contributed by atoms with van der Waals surface area (Å²) in [5.74, 6) is 0. The van der Waals surface area contributed by atoms with Crippen molar-refractivity contribution in [3.63, 3.8) is 0 Å². The van der Waals surface area contributed by atoms with Gasteiger partial charge in [-0.3, -0.25) is 8.42 Å². The molecular formula is C2H7CoNO5S. The molecule has 0 fully saturated rings. The van der Waals surface area contributed by atoms with Crippen molar-refractivity contribution in [1.82, 2.24) is 0 Å². The molecule has 0 aliphatic heterocycles. The van der Waals surface area contributed by atoms with E-state index in [0.717, 1.165) is 0 Å². The summed E-state index contributed by atoms with van der Waals surface area (Å²) in [6.45, 7) is 0.472. The van der Waals surface area contributed by atoms with Gasteiger partial charge in [-0.2, -0.15) is 0 Å². The van der Waals surface area contributed by atoms with Crippen molar-refractivity contribution >= 4 is 10.4 Å². The van der Waals surface area contributed by atoms with E-state index in [9.17, 15) is 0 Å². The maximum absolute atomic E-state index is 8.52. The fourth-order valence-electron chi connectivity index (χ4n) is 0. The first kappa shape index (κ1) is 16.7.